The van der Waals surface area contributed by atoms with Crippen LogP contribution in [0.3, 0.4) is 0 Å². The Balaban J connectivity index is 2.27. The first-order chi connectivity index (χ1) is 11.7. The molecule has 0 aliphatic rings. The molecule has 0 bridgehead atoms. The molecular weight excluding hydrogens is 347 g/mol. The van der Waals surface area contributed by atoms with Gasteiger partial charge < -0.3 is 11.1 Å². The minimum atomic E-state index is -2.32. The second-order valence-electron chi connectivity index (χ2n) is 5.04. The molecular formula is C16H11F5N2O2. The van der Waals surface area contributed by atoms with Gasteiger partial charge in [0, 0.05) is 5.56 Å². The lowest BCUT2D eigenvalue weighted by Crippen LogP contribution is -2.38. The fourth-order valence-electron chi connectivity index (χ4n) is 2.14. The van der Waals surface area contributed by atoms with Crippen molar-refractivity contribution in [3.05, 3.63) is 70.5 Å². The number of halogens is 5. The van der Waals surface area contributed by atoms with Gasteiger partial charge in [-0.25, -0.2) is 22.0 Å². The molecule has 2 rings (SSSR count). The maximum Gasteiger partial charge on any atom is 0.244 e. The Kier molecular flexibility index (Phi) is 5.35. The van der Waals surface area contributed by atoms with E-state index in [4.69, 9.17) is 5.73 Å². The van der Waals surface area contributed by atoms with Crippen molar-refractivity contribution >= 4 is 11.8 Å². The second-order valence-corrected chi connectivity index (χ2v) is 5.04. The van der Waals surface area contributed by atoms with Gasteiger partial charge in [-0.3, -0.25) is 9.59 Å². The van der Waals surface area contributed by atoms with Gasteiger partial charge in [0.25, 0.3) is 0 Å². The van der Waals surface area contributed by atoms with Crippen LogP contribution in [-0.2, 0) is 16.0 Å². The first-order valence-corrected chi connectivity index (χ1v) is 6.88. The summed E-state index contributed by atoms with van der Waals surface area (Å²) in [6.07, 6.45) is -1.16. The van der Waals surface area contributed by atoms with Crippen molar-refractivity contribution in [2.75, 3.05) is 0 Å². The van der Waals surface area contributed by atoms with E-state index in [1.165, 1.54) is 12.1 Å². The first kappa shape index (κ1) is 18.4. The zero-order valence-corrected chi connectivity index (χ0v) is 12.5. The number of benzene rings is 2. The van der Waals surface area contributed by atoms with Gasteiger partial charge in [-0.1, -0.05) is 30.3 Å². The Morgan fingerprint density at radius 1 is 0.880 bits per heavy atom. The average Bonchev–Trinajstić information content (AvgIpc) is 2.60. The normalized spacial score (nSPS) is 11.9. The molecule has 2 amide bonds. The third-order valence-corrected chi connectivity index (χ3v) is 3.36. The number of hydrogen-bond donors (Lipinski definition) is 2. The van der Waals surface area contributed by atoms with Crippen LogP contribution in [0, 0.1) is 29.1 Å². The van der Waals surface area contributed by atoms with Crippen LogP contribution in [0.5, 0.6) is 0 Å². The summed E-state index contributed by atoms with van der Waals surface area (Å²) in [7, 11) is 0. The van der Waals surface area contributed by atoms with Gasteiger partial charge in [-0.2, -0.15) is 0 Å². The molecule has 0 saturated heterocycles. The number of primary amides is 1. The Morgan fingerprint density at radius 2 is 1.36 bits per heavy atom. The number of nitrogens with two attached hydrogens (primary N) is 1. The zero-order chi connectivity index (χ0) is 18.7. The molecule has 25 heavy (non-hydrogen) atoms. The highest BCUT2D eigenvalue weighted by molar-refractivity contribution is 5.88. The summed E-state index contributed by atoms with van der Waals surface area (Å²) in [6.45, 7) is 0. The van der Waals surface area contributed by atoms with Crippen LogP contribution in [0.25, 0.3) is 0 Å². The summed E-state index contributed by atoms with van der Waals surface area (Å²) in [6, 6.07) is 6.36. The molecule has 0 aliphatic heterocycles. The fourth-order valence-corrected chi connectivity index (χ4v) is 2.14. The zero-order valence-electron chi connectivity index (χ0n) is 12.5. The monoisotopic (exact) mass is 358 g/mol. The molecule has 0 aromatic heterocycles. The number of hydrogen-bond acceptors (Lipinski definition) is 2. The van der Waals surface area contributed by atoms with Crippen LogP contribution >= 0.6 is 0 Å². The van der Waals surface area contributed by atoms with Gasteiger partial charge in [-0.05, 0) is 5.56 Å². The quantitative estimate of drug-likeness (QED) is 0.489. The van der Waals surface area contributed by atoms with Crippen molar-refractivity contribution in [1.82, 2.24) is 5.32 Å². The highest BCUT2D eigenvalue weighted by Gasteiger charge is 2.28. The highest BCUT2D eigenvalue weighted by atomic mass is 19.2. The van der Waals surface area contributed by atoms with E-state index < -0.39 is 58.9 Å². The molecule has 0 saturated carbocycles. The topological polar surface area (TPSA) is 72.2 Å². The summed E-state index contributed by atoms with van der Waals surface area (Å²) in [5.41, 5.74) is 4.16. The van der Waals surface area contributed by atoms with E-state index in [0.717, 1.165) is 0 Å². The molecule has 2 aromatic carbocycles. The largest absolute Gasteiger partial charge is 0.368 e. The number of carbonyl (C=O) groups excluding carboxylic acids is 2. The minimum Gasteiger partial charge on any atom is -0.368 e. The van der Waals surface area contributed by atoms with Crippen LogP contribution in [-0.4, -0.2) is 11.8 Å². The maximum atomic E-state index is 13.6. The fraction of sp³-hybridized carbons (Fsp3) is 0.125. The summed E-state index contributed by atoms with van der Waals surface area (Å²) < 4.78 is 66.4. The van der Waals surface area contributed by atoms with Crippen molar-refractivity contribution in [3.8, 4) is 0 Å². The third kappa shape index (κ3) is 3.76. The number of rotatable bonds is 5. The van der Waals surface area contributed by atoms with Crippen LogP contribution in [0.1, 0.15) is 17.2 Å². The molecule has 132 valence electrons. The number of nitrogens with one attached hydrogen (secondary N) is 1. The van der Waals surface area contributed by atoms with Crippen molar-refractivity contribution in [2.24, 2.45) is 5.73 Å². The van der Waals surface area contributed by atoms with Crippen molar-refractivity contribution in [1.29, 1.82) is 0 Å². The van der Waals surface area contributed by atoms with Crippen LogP contribution in [0.4, 0.5) is 22.0 Å². The molecule has 0 radical (unpaired) electrons. The molecule has 2 aromatic rings. The predicted molar refractivity (Wildman–Crippen MR) is 76.5 cm³/mol. The summed E-state index contributed by atoms with van der Waals surface area (Å²) in [4.78, 5) is 23.4. The van der Waals surface area contributed by atoms with Crippen LogP contribution < -0.4 is 11.1 Å². The lowest BCUT2D eigenvalue weighted by Gasteiger charge is -2.16. The van der Waals surface area contributed by atoms with E-state index in [-0.39, 0.29) is 0 Å². The van der Waals surface area contributed by atoms with Gasteiger partial charge in [-0.15, -0.1) is 0 Å². The molecule has 1 atom stereocenters. The molecule has 3 N–H and O–H groups in total. The standard InChI is InChI=1S/C16H11F5N2O2/c17-10-8(11(18)13(20)14(21)12(10)19)6-9(24)23-15(16(22)25)7-4-2-1-3-5-7/h1-5,15H,6H2,(H2,22,25)(H,23,24). The second kappa shape index (κ2) is 7.29. The Morgan fingerprint density at radius 3 is 1.84 bits per heavy atom. The van der Waals surface area contributed by atoms with Crippen LogP contribution in [0.15, 0.2) is 30.3 Å². The average molecular weight is 358 g/mol. The van der Waals surface area contributed by atoms with E-state index in [1.807, 2.05) is 0 Å². The molecule has 4 nitrogen and oxygen atoms in total. The number of carbonyl (C=O) groups is 2. The van der Waals surface area contributed by atoms with E-state index in [2.05, 4.69) is 5.32 Å². The van der Waals surface area contributed by atoms with Gasteiger partial charge in [0.1, 0.15) is 6.04 Å². The predicted octanol–water partition coefficient (Wildman–Crippen LogP) is 2.27. The van der Waals surface area contributed by atoms with E-state index >= 15 is 0 Å². The Hall–Kier alpha value is -2.97. The third-order valence-electron chi connectivity index (χ3n) is 3.36. The van der Waals surface area contributed by atoms with Gasteiger partial charge >= 0.3 is 0 Å². The number of amides is 2. The maximum absolute atomic E-state index is 13.6. The van der Waals surface area contributed by atoms with E-state index in [9.17, 15) is 31.5 Å². The van der Waals surface area contributed by atoms with Gasteiger partial charge in [0.15, 0.2) is 23.3 Å². The van der Waals surface area contributed by atoms with Crippen molar-refractivity contribution in [3.63, 3.8) is 0 Å². The molecule has 0 spiro atoms. The summed E-state index contributed by atoms with van der Waals surface area (Å²) >= 11 is 0. The highest BCUT2D eigenvalue weighted by Crippen LogP contribution is 2.23. The van der Waals surface area contributed by atoms with Crippen molar-refractivity contribution < 1.29 is 31.5 Å². The minimum absolute atomic E-state index is 0.292. The molecule has 0 fully saturated rings. The molecule has 0 heterocycles. The molecule has 0 aliphatic carbocycles. The van der Waals surface area contributed by atoms with Gasteiger partial charge in [0.05, 0.1) is 6.42 Å². The lowest BCUT2D eigenvalue weighted by atomic mass is 10.0. The van der Waals surface area contributed by atoms with Crippen molar-refractivity contribution in [2.45, 2.75) is 12.5 Å². The van der Waals surface area contributed by atoms with E-state index in [0.29, 0.717) is 5.56 Å². The summed E-state index contributed by atoms with van der Waals surface area (Å²) in [5, 5.41) is 2.10. The molecule has 1 unspecified atom stereocenters. The lowest BCUT2D eigenvalue weighted by molar-refractivity contribution is -0.127. The smallest absolute Gasteiger partial charge is 0.244 e. The summed E-state index contributed by atoms with van der Waals surface area (Å²) in [5.74, 6) is -13.0. The Labute approximate surface area is 138 Å². The SMILES string of the molecule is NC(=O)C(NC(=O)Cc1c(F)c(F)c(F)c(F)c1F)c1ccccc1. The van der Waals surface area contributed by atoms with Crippen LogP contribution in [0.2, 0.25) is 0 Å². The molecule has 9 heteroatoms. The van der Waals surface area contributed by atoms with Gasteiger partial charge in [0.2, 0.25) is 17.6 Å². The van der Waals surface area contributed by atoms with E-state index in [1.54, 1.807) is 18.2 Å². The Bertz CT molecular complexity index is 798. The first-order valence-electron chi connectivity index (χ1n) is 6.88.